The fourth-order valence-electron chi connectivity index (χ4n) is 0.629. The molecule has 0 bridgehead atoms. The summed E-state index contributed by atoms with van der Waals surface area (Å²) in [6, 6.07) is 5.19. The maximum Gasteiger partial charge on any atom is 0.0703 e. The van der Waals surface area contributed by atoms with E-state index in [0.29, 0.717) is 15.2 Å². The highest BCUT2D eigenvalue weighted by Crippen LogP contribution is 2.32. The van der Waals surface area contributed by atoms with Crippen molar-refractivity contribution >= 4 is 33.2 Å². The summed E-state index contributed by atoms with van der Waals surface area (Å²) in [5.41, 5.74) is 8.57. The Hall–Kier alpha value is -0.700. The number of azide groups is 1. The van der Waals surface area contributed by atoms with E-state index >= 15 is 0 Å². The van der Waals surface area contributed by atoms with E-state index in [2.05, 4.69) is 26.0 Å². The van der Waals surface area contributed by atoms with Gasteiger partial charge < -0.3 is 0 Å². The lowest BCUT2D eigenvalue weighted by Gasteiger charge is -1.97. The number of halogens is 2. The van der Waals surface area contributed by atoms with Gasteiger partial charge in [-0.15, -0.1) is 0 Å². The lowest BCUT2D eigenvalue weighted by atomic mass is 10.3. The van der Waals surface area contributed by atoms with Gasteiger partial charge in [-0.2, -0.15) is 0 Å². The van der Waals surface area contributed by atoms with Crippen LogP contribution in [0.2, 0.25) is 5.02 Å². The second-order valence-corrected chi connectivity index (χ2v) is 3.02. The molecule has 0 saturated heterocycles. The SMILES string of the molecule is [N-]=[N+]=Nc1c(Cl)cccc1Br. The van der Waals surface area contributed by atoms with Gasteiger partial charge in [0, 0.05) is 9.38 Å². The fraction of sp³-hybridized carbons (Fsp3) is 0. The molecule has 0 saturated carbocycles. The summed E-state index contributed by atoms with van der Waals surface area (Å²) < 4.78 is 0.697. The molecule has 0 radical (unpaired) electrons. The molecule has 0 aliphatic heterocycles. The first-order valence-electron chi connectivity index (χ1n) is 2.75. The van der Waals surface area contributed by atoms with Crippen molar-refractivity contribution in [2.24, 2.45) is 5.11 Å². The van der Waals surface area contributed by atoms with Crippen molar-refractivity contribution in [2.45, 2.75) is 0 Å². The summed E-state index contributed by atoms with van der Waals surface area (Å²) in [5.74, 6) is 0. The van der Waals surface area contributed by atoms with E-state index in [1.807, 2.05) is 0 Å². The van der Waals surface area contributed by atoms with Crippen LogP contribution >= 0.6 is 27.5 Å². The van der Waals surface area contributed by atoms with Crippen LogP contribution in [0.3, 0.4) is 0 Å². The third-order valence-electron chi connectivity index (χ3n) is 1.08. The van der Waals surface area contributed by atoms with E-state index in [-0.39, 0.29) is 0 Å². The van der Waals surface area contributed by atoms with E-state index in [1.165, 1.54) is 0 Å². The van der Waals surface area contributed by atoms with Gasteiger partial charge in [0.25, 0.3) is 0 Å². The van der Waals surface area contributed by atoms with Crippen LogP contribution in [0.1, 0.15) is 0 Å². The molecular weight excluding hydrogens is 229 g/mol. The van der Waals surface area contributed by atoms with Crippen molar-refractivity contribution in [3.8, 4) is 0 Å². The Balaban J connectivity index is 3.31. The maximum absolute atomic E-state index is 8.15. The Morgan fingerprint density at radius 1 is 1.55 bits per heavy atom. The van der Waals surface area contributed by atoms with Crippen LogP contribution in [-0.2, 0) is 0 Å². The van der Waals surface area contributed by atoms with Gasteiger partial charge in [-0.3, -0.25) is 0 Å². The van der Waals surface area contributed by atoms with Crippen molar-refractivity contribution in [3.05, 3.63) is 38.1 Å². The van der Waals surface area contributed by atoms with Crippen molar-refractivity contribution in [1.82, 2.24) is 0 Å². The van der Waals surface area contributed by atoms with Crippen LogP contribution in [0.5, 0.6) is 0 Å². The van der Waals surface area contributed by atoms with E-state index in [0.717, 1.165) is 0 Å². The first-order chi connectivity index (χ1) is 5.25. The van der Waals surface area contributed by atoms with E-state index < -0.39 is 0 Å². The van der Waals surface area contributed by atoms with E-state index in [4.69, 9.17) is 17.1 Å². The highest BCUT2D eigenvalue weighted by atomic mass is 79.9. The molecule has 0 N–H and O–H groups in total. The lowest BCUT2D eigenvalue weighted by molar-refractivity contribution is 1.45. The molecule has 1 rings (SSSR count). The van der Waals surface area contributed by atoms with Gasteiger partial charge in [0.15, 0.2) is 0 Å². The topological polar surface area (TPSA) is 48.8 Å². The monoisotopic (exact) mass is 231 g/mol. The molecule has 0 atom stereocenters. The smallest absolute Gasteiger partial charge is 0.0703 e. The Kier molecular flexibility index (Phi) is 2.76. The number of benzene rings is 1. The van der Waals surface area contributed by atoms with Crippen LogP contribution in [-0.4, -0.2) is 0 Å². The van der Waals surface area contributed by atoms with Crippen molar-refractivity contribution in [3.63, 3.8) is 0 Å². The zero-order valence-corrected chi connectivity index (χ0v) is 7.67. The van der Waals surface area contributed by atoms with Crippen LogP contribution < -0.4 is 0 Å². The lowest BCUT2D eigenvalue weighted by Crippen LogP contribution is -1.68. The average molecular weight is 232 g/mol. The average Bonchev–Trinajstić information content (AvgIpc) is 1.97. The summed E-state index contributed by atoms with van der Waals surface area (Å²) in [4.78, 5) is 2.64. The molecular formula is C6H3BrClN3. The largest absolute Gasteiger partial charge is 0.0838 e. The molecule has 3 nitrogen and oxygen atoms in total. The summed E-state index contributed by atoms with van der Waals surface area (Å²) in [6.07, 6.45) is 0. The fourth-order valence-corrected chi connectivity index (χ4v) is 1.40. The minimum absolute atomic E-state index is 0.427. The van der Waals surface area contributed by atoms with Crippen LogP contribution in [0, 0.1) is 0 Å². The first-order valence-corrected chi connectivity index (χ1v) is 3.92. The molecule has 0 aliphatic rings. The molecule has 0 aromatic heterocycles. The second-order valence-electron chi connectivity index (χ2n) is 1.76. The minimum Gasteiger partial charge on any atom is -0.0838 e. The van der Waals surface area contributed by atoms with Gasteiger partial charge in [0.05, 0.1) is 10.7 Å². The highest BCUT2D eigenvalue weighted by Gasteiger charge is 2.00. The Morgan fingerprint density at radius 2 is 2.27 bits per heavy atom. The van der Waals surface area contributed by atoms with Crippen molar-refractivity contribution < 1.29 is 0 Å². The Morgan fingerprint density at radius 3 is 2.82 bits per heavy atom. The zero-order chi connectivity index (χ0) is 8.27. The molecule has 1 aromatic rings. The maximum atomic E-state index is 8.15. The number of nitrogens with zero attached hydrogens (tertiary/aromatic N) is 3. The number of hydrogen-bond acceptors (Lipinski definition) is 1. The van der Waals surface area contributed by atoms with Crippen molar-refractivity contribution in [2.75, 3.05) is 0 Å². The van der Waals surface area contributed by atoms with Gasteiger partial charge >= 0.3 is 0 Å². The number of hydrogen-bond donors (Lipinski definition) is 0. The van der Waals surface area contributed by atoms with Crippen molar-refractivity contribution in [1.29, 1.82) is 0 Å². The summed E-state index contributed by atoms with van der Waals surface area (Å²) in [6.45, 7) is 0. The van der Waals surface area contributed by atoms with Crippen LogP contribution in [0.4, 0.5) is 5.69 Å². The summed E-state index contributed by atoms with van der Waals surface area (Å²) >= 11 is 8.91. The predicted molar refractivity (Wildman–Crippen MR) is 48.0 cm³/mol. The van der Waals surface area contributed by atoms with E-state index in [9.17, 15) is 0 Å². The van der Waals surface area contributed by atoms with Crippen LogP contribution in [0.15, 0.2) is 27.8 Å². The molecule has 0 aliphatic carbocycles. The normalized spacial score (nSPS) is 8.91. The van der Waals surface area contributed by atoms with Gasteiger partial charge in [-0.25, -0.2) is 0 Å². The Bertz CT molecular complexity index is 299. The van der Waals surface area contributed by atoms with Gasteiger partial charge in [0.1, 0.15) is 0 Å². The standard InChI is InChI=1S/C6H3BrClN3/c7-4-2-1-3-5(8)6(4)10-11-9/h1-3H. The van der Waals surface area contributed by atoms with Gasteiger partial charge in [-0.05, 0) is 17.7 Å². The first kappa shape index (κ1) is 8.40. The second kappa shape index (κ2) is 3.62. The predicted octanol–water partition coefficient (Wildman–Crippen LogP) is 4.04. The van der Waals surface area contributed by atoms with E-state index in [1.54, 1.807) is 18.2 Å². The van der Waals surface area contributed by atoms with Crippen LogP contribution in [0.25, 0.3) is 10.4 Å². The summed E-state index contributed by atoms with van der Waals surface area (Å²) in [7, 11) is 0. The molecule has 11 heavy (non-hydrogen) atoms. The minimum atomic E-state index is 0.427. The molecule has 1 aromatic carbocycles. The van der Waals surface area contributed by atoms with Gasteiger partial charge in [-0.1, -0.05) is 38.7 Å². The molecule has 0 fully saturated rings. The third kappa shape index (κ3) is 1.87. The Labute approximate surface area is 76.7 Å². The zero-order valence-electron chi connectivity index (χ0n) is 5.33. The molecule has 5 heteroatoms. The van der Waals surface area contributed by atoms with Gasteiger partial charge in [0.2, 0.25) is 0 Å². The quantitative estimate of drug-likeness (QED) is 0.398. The number of rotatable bonds is 1. The molecule has 0 spiro atoms. The molecule has 0 amide bonds. The highest BCUT2D eigenvalue weighted by molar-refractivity contribution is 9.10. The third-order valence-corrected chi connectivity index (χ3v) is 2.03. The molecule has 0 heterocycles. The summed E-state index contributed by atoms with van der Waals surface area (Å²) in [5, 5.41) is 3.85. The molecule has 0 unspecified atom stereocenters. The molecule has 56 valence electrons.